The van der Waals surface area contributed by atoms with Crippen molar-refractivity contribution in [3.8, 4) is 5.75 Å². The number of aliphatic imine (C=N–C) groups is 1. The van der Waals surface area contributed by atoms with Crippen LogP contribution in [-0.2, 0) is 14.4 Å². The number of Topliss-reactive ketones (excluding diaryl/α,β-unsaturated/α-hetero) is 1. The van der Waals surface area contributed by atoms with Crippen LogP contribution in [0.5, 0.6) is 5.75 Å². The zero-order valence-electron chi connectivity index (χ0n) is 16.0. The third-order valence-corrected chi connectivity index (χ3v) is 4.56. The van der Waals surface area contributed by atoms with Crippen molar-refractivity contribution in [2.24, 2.45) is 4.99 Å². The van der Waals surface area contributed by atoms with Crippen LogP contribution in [0.25, 0.3) is 0 Å². The maximum atomic E-state index is 12.8. The maximum Gasteiger partial charge on any atom is 0.174 e. The summed E-state index contributed by atoms with van der Waals surface area (Å²) in [5, 5.41) is 10.6. The van der Waals surface area contributed by atoms with Gasteiger partial charge in [-0.2, -0.15) is 0 Å². The molecule has 2 aliphatic heterocycles. The zero-order chi connectivity index (χ0) is 19.6. The van der Waals surface area contributed by atoms with Crippen molar-refractivity contribution < 1.29 is 24.2 Å². The number of allylic oxidation sites excluding steroid dienone is 1. The molecule has 0 bridgehead atoms. The number of rotatable bonds is 6. The van der Waals surface area contributed by atoms with Crippen molar-refractivity contribution in [1.29, 1.82) is 0 Å². The fraction of sp³-hybridized carbons (Fsp3) is 0.400. The third-order valence-electron chi connectivity index (χ3n) is 4.56. The molecule has 0 saturated carbocycles. The number of ketones is 1. The van der Waals surface area contributed by atoms with E-state index in [1.165, 1.54) is 7.11 Å². The maximum absolute atomic E-state index is 12.8. The average Bonchev–Trinajstić information content (AvgIpc) is 2.66. The van der Waals surface area contributed by atoms with E-state index in [0.717, 1.165) is 22.4 Å². The first-order valence-electron chi connectivity index (χ1n) is 8.74. The summed E-state index contributed by atoms with van der Waals surface area (Å²) in [4.78, 5) is 22.8. The van der Waals surface area contributed by atoms with E-state index in [2.05, 4.69) is 0 Å². The van der Waals surface area contributed by atoms with Crippen LogP contribution in [0.2, 0.25) is 0 Å². The number of aryl methyl sites for hydroxylation is 2. The van der Waals surface area contributed by atoms with Crippen LogP contribution in [-0.4, -0.2) is 55.6 Å². The van der Waals surface area contributed by atoms with E-state index in [4.69, 9.17) is 24.4 Å². The quantitative estimate of drug-likeness (QED) is 0.823. The highest BCUT2D eigenvalue weighted by Gasteiger charge is 2.31. The summed E-state index contributed by atoms with van der Waals surface area (Å²) in [5.41, 5.74) is 4.64. The van der Waals surface area contributed by atoms with Crippen molar-refractivity contribution in [1.82, 2.24) is 5.06 Å². The second-order valence-corrected chi connectivity index (χ2v) is 6.45. The van der Waals surface area contributed by atoms with Crippen molar-refractivity contribution in [2.75, 3.05) is 34.0 Å². The minimum Gasteiger partial charge on any atom is -0.494 e. The van der Waals surface area contributed by atoms with Crippen LogP contribution in [0.3, 0.4) is 0 Å². The Bertz CT molecular complexity index is 831. The molecule has 0 saturated heterocycles. The Morgan fingerprint density at radius 2 is 1.93 bits per heavy atom. The average molecular weight is 372 g/mol. The Morgan fingerprint density at radius 3 is 2.52 bits per heavy atom. The monoisotopic (exact) mass is 372 g/mol. The molecule has 0 aromatic heterocycles. The van der Waals surface area contributed by atoms with Crippen LogP contribution in [0.1, 0.15) is 23.1 Å². The lowest BCUT2D eigenvalue weighted by atomic mass is 9.92. The first-order valence-corrected chi connectivity index (χ1v) is 8.74. The lowest BCUT2D eigenvalue weighted by molar-refractivity contribution is -0.115. The first-order chi connectivity index (χ1) is 13.0. The van der Waals surface area contributed by atoms with Crippen molar-refractivity contribution in [3.63, 3.8) is 0 Å². The lowest BCUT2D eigenvalue weighted by Crippen LogP contribution is -2.30. The minimum absolute atomic E-state index is 0.0187. The lowest BCUT2D eigenvalue weighted by Gasteiger charge is -2.28. The van der Waals surface area contributed by atoms with Gasteiger partial charge in [-0.15, -0.1) is 0 Å². The van der Waals surface area contributed by atoms with Gasteiger partial charge in [0.05, 0.1) is 57.0 Å². The van der Waals surface area contributed by atoms with Crippen molar-refractivity contribution >= 4 is 11.5 Å². The normalized spacial score (nSPS) is 16.8. The van der Waals surface area contributed by atoms with Gasteiger partial charge in [-0.1, -0.05) is 0 Å². The van der Waals surface area contributed by atoms with Crippen LogP contribution >= 0.6 is 0 Å². The molecular formula is C20H24N2O5. The predicted octanol–water partition coefficient (Wildman–Crippen LogP) is 2.06. The zero-order valence-corrected chi connectivity index (χ0v) is 16.0. The number of benzene rings is 1. The van der Waals surface area contributed by atoms with Gasteiger partial charge < -0.3 is 14.6 Å². The Labute approximate surface area is 158 Å². The van der Waals surface area contributed by atoms with Gasteiger partial charge in [-0.05, 0) is 42.7 Å². The molecule has 0 spiro atoms. The van der Waals surface area contributed by atoms with E-state index in [9.17, 15) is 4.79 Å². The van der Waals surface area contributed by atoms with Crippen LogP contribution in [0.15, 0.2) is 40.4 Å². The fourth-order valence-corrected chi connectivity index (χ4v) is 3.37. The molecule has 0 amide bonds. The van der Waals surface area contributed by atoms with Gasteiger partial charge in [0.15, 0.2) is 5.78 Å². The minimum atomic E-state index is -0.0376. The van der Waals surface area contributed by atoms with E-state index in [1.807, 2.05) is 26.0 Å². The molecule has 0 atom stereocenters. The highest BCUT2D eigenvalue weighted by molar-refractivity contribution is 6.19. The van der Waals surface area contributed by atoms with Crippen molar-refractivity contribution in [3.05, 3.63) is 52.1 Å². The van der Waals surface area contributed by atoms with Gasteiger partial charge in [0.2, 0.25) is 0 Å². The molecule has 0 aliphatic carbocycles. The standard InChI is InChI=1S/C20H24N2O5/c1-12-7-14(8-13(2)20(12)27-6-5-23)15-9-17(24)19-16(21-15)10-22(26-4)11-18(19)25-3/h7-8,11,23H,5-6,9-10H2,1-4H3. The number of nitrogens with zero attached hydrogens (tertiary/aromatic N) is 2. The first kappa shape index (κ1) is 19.1. The van der Waals surface area contributed by atoms with Gasteiger partial charge in [-0.3, -0.25) is 19.7 Å². The molecule has 144 valence electrons. The largest absolute Gasteiger partial charge is 0.494 e. The van der Waals surface area contributed by atoms with E-state index >= 15 is 0 Å². The molecule has 1 aromatic carbocycles. The second-order valence-electron chi connectivity index (χ2n) is 6.45. The van der Waals surface area contributed by atoms with Gasteiger partial charge in [0.1, 0.15) is 18.1 Å². The highest BCUT2D eigenvalue weighted by atomic mass is 16.7. The third kappa shape index (κ3) is 3.74. The van der Waals surface area contributed by atoms with Crippen LogP contribution in [0, 0.1) is 13.8 Å². The Morgan fingerprint density at radius 1 is 1.22 bits per heavy atom. The molecule has 7 nitrogen and oxygen atoms in total. The van der Waals surface area contributed by atoms with Crippen molar-refractivity contribution in [2.45, 2.75) is 20.3 Å². The topological polar surface area (TPSA) is 80.6 Å². The van der Waals surface area contributed by atoms with E-state index in [0.29, 0.717) is 29.3 Å². The number of carbonyl (C=O) groups is 1. The Kier molecular flexibility index (Phi) is 5.62. The fourth-order valence-electron chi connectivity index (χ4n) is 3.37. The number of hydrogen-bond acceptors (Lipinski definition) is 7. The second kappa shape index (κ2) is 7.94. The summed E-state index contributed by atoms with van der Waals surface area (Å²) < 4.78 is 11.0. The van der Waals surface area contributed by atoms with E-state index in [1.54, 1.807) is 18.4 Å². The number of carbonyl (C=O) groups excluding carboxylic acids is 1. The summed E-state index contributed by atoms with van der Waals surface area (Å²) >= 11 is 0. The van der Waals surface area contributed by atoms with Gasteiger partial charge in [-0.25, -0.2) is 0 Å². The molecule has 7 heteroatoms. The van der Waals surface area contributed by atoms with Gasteiger partial charge in [0, 0.05) is 0 Å². The number of hydroxylamine groups is 2. The summed E-state index contributed by atoms with van der Waals surface area (Å²) in [6.45, 7) is 4.47. The number of aliphatic hydroxyl groups excluding tert-OH is 1. The molecule has 2 heterocycles. The SMILES string of the molecule is COC1=CN(OC)CC2=C1C(=O)CC(c1cc(C)c(OCCO)c(C)c1)=N2. The number of ether oxygens (including phenoxy) is 2. The van der Waals surface area contributed by atoms with Crippen LogP contribution in [0.4, 0.5) is 0 Å². The Balaban J connectivity index is 1.99. The molecule has 0 unspecified atom stereocenters. The van der Waals surface area contributed by atoms with E-state index < -0.39 is 0 Å². The summed E-state index contributed by atoms with van der Waals surface area (Å²) in [7, 11) is 3.09. The highest BCUT2D eigenvalue weighted by Crippen LogP contribution is 2.32. The Hall–Kier alpha value is -2.64. The molecule has 0 radical (unpaired) electrons. The molecular weight excluding hydrogens is 348 g/mol. The number of hydrogen-bond donors (Lipinski definition) is 1. The molecule has 3 rings (SSSR count). The summed E-state index contributed by atoms with van der Waals surface area (Å²) in [6.07, 6.45) is 1.88. The van der Waals surface area contributed by atoms with E-state index in [-0.39, 0.29) is 25.4 Å². The molecule has 0 fully saturated rings. The predicted molar refractivity (Wildman–Crippen MR) is 100 cm³/mol. The smallest absolute Gasteiger partial charge is 0.174 e. The number of methoxy groups -OCH3 is 1. The molecule has 2 aliphatic rings. The summed E-state index contributed by atoms with van der Waals surface area (Å²) in [6, 6.07) is 3.92. The number of aliphatic hydroxyl groups is 1. The summed E-state index contributed by atoms with van der Waals surface area (Å²) in [5.74, 6) is 1.20. The van der Waals surface area contributed by atoms with Gasteiger partial charge in [0.25, 0.3) is 0 Å². The van der Waals surface area contributed by atoms with Crippen LogP contribution < -0.4 is 4.74 Å². The molecule has 1 aromatic rings. The molecule has 1 N–H and O–H groups in total. The van der Waals surface area contributed by atoms with Gasteiger partial charge >= 0.3 is 0 Å². The molecule has 27 heavy (non-hydrogen) atoms.